The van der Waals surface area contributed by atoms with Crippen molar-refractivity contribution in [2.75, 3.05) is 0 Å². The maximum absolute atomic E-state index is 10.7. The molecule has 0 aliphatic carbocycles. The lowest BCUT2D eigenvalue weighted by molar-refractivity contribution is 0.112. The van der Waals surface area contributed by atoms with Gasteiger partial charge in [-0.15, -0.1) is 0 Å². The highest BCUT2D eigenvalue weighted by molar-refractivity contribution is 5.80. The normalized spacial score (nSPS) is 9.85. The van der Waals surface area contributed by atoms with Crippen molar-refractivity contribution in [2.45, 2.75) is 0 Å². The number of carbonyl (C=O) groups is 1. The van der Waals surface area contributed by atoms with E-state index in [-0.39, 0.29) is 0 Å². The first-order valence-electron chi connectivity index (χ1n) is 4.09. The van der Waals surface area contributed by atoms with Crippen molar-refractivity contribution in [3.05, 3.63) is 54.4 Å². The average molecular weight is 171 g/mol. The van der Waals surface area contributed by atoms with Gasteiger partial charge in [-0.3, -0.25) is 4.79 Å². The van der Waals surface area contributed by atoms with E-state index in [1.165, 1.54) is 0 Å². The number of hydrogen-bond acceptors (Lipinski definition) is 1. The number of carbonyl (C=O) groups excluding carboxylic acids is 1. The zero-order valence-corrected chi connectivity index (χ0v) is 7.05. The predicted octanol–water partition coefficient (Wildman–Crippen LogP) is 2.29. The Kier molecular flexibility index (Phi) is 1.96. The Morgan fingerprint density at radius 1 is 1.00 bits per heavy atom. The quantitative estimate of drug-likeness (QED) is 0.635. The Balaban J connectivity index is 2.57. The monoisotopic (exact) mass is 171 g/mol. The molecule has 0 aliphatic heterocycles. The SMILES string of the molecule is O=Cc1ccccc1-n1cccc1. The van der Waals surface area contributed by atoms with Gasteiger partial charge >= 0.3 is 0 Å². The Morgan fingerprint density at radius 2 is 1.69 bits per heavy atom. The molecule has 2 heteroatoms. The summed E-state index contributed by atoms with van der Waals surface area (Å²) >= 11 is 0. The fourth-order valence-corrected chi connectivity index (χ4v) is 1.32. The number of aldehydes is 1. The van der Waals surface area contributed by atoms with Crippen LogP contribution in [0.4, 0.5) is 0 Å². The molecule has 0 aliphatic rings. The van der Waals surface area contributed by atoms with Crippen molar-refractivity contribution < 1.29 is 4.79 Å². The van der Waals surface area contributed by atoms with Gasteiger partial charge < -0.3 is 4.57 Å². The van der Waals surface area contributed by atoms with Crippen LogP contribution in [0.5, 0.6) is 0 Å². The highest BCUT2D eigenvalue weighted by Gasteiger charge is 1.99. The van der Waals surface area contributed by atoms with Crippen LogP contribution in [0.25, 0.3) is 5.69 Å². The molecule has 0 fully saturated rings. The highest BCUT2D eigenvalue weighted by atomic mass is 16.1. The molecule has 2 nitrogen and oxygen atoms in total. The highest BCUT2D eigenvalue weighted by Crippen LogP contribution is 2.11. The van der Waals surface area contributed by atoms with E-state index in [0.717, 1.165) is 12.0 Å². The molecular formula is C11H9NO. The third-order valence-corrected chi connectivity index (χ3v) is 1.95. The van der Waals surface area contributed by atoms with Gasteiger partial charge in [0.25, 0.3) is 0 Å². The molecular weight excluding hydrogens is 162 g/mol. The summed E-state index contributed by atoms with van der Waals surface area (Å²) in [6.07, 6.45) is 4.71. The summed E-state index contributed by atoms with van der Waals surface area (Å²) in [5.74, 6) is 0. The number of rotatable bonds is 2. The van der Waals surface area contributed by atoms with Gasteiger partial charge in [-0.1, -0.05) is 12.1 Å². The van der Waals surface area contributed by atoms with Crippen molar-refractivity contribution in [3.63, 3.8) is 0 Å². The van der Waals surface area contributed by atoms with Gasteiger partial charge in [0.15, 0.2) is 6.29 Å². The first-order valence-corrected chi connectivity index (χ1v) is 4.09. The number of benzene rings is 1. The molecule has 1 aromatic heterocycles. The second kappa shape index (κ2) is 3.27. The number of para-hydroxylation sites is 1. The lowest BCUT2D eigenvalue weighted by atomic mass is 10.2. The Bertz CT molecular complexity index is 404. The second-order valence-corrected chi connectivity index (χ2v) is 2.77. The fraction of sp³-hybridized carbons (Fsp3) is 0. The van der Waals surface area contributed by atoms with Gasteiger partial charge in [-0.2, -0.15) is 0 Å². The maximum Gasteiger partial charge on any atom is 0.152 e. The van der Waals surface area contributed by atoms with E-state index in [1.807, 2.05) is 53.4 Å². The zero-order valence-electron chi connectivity index (χ0n) is 7.05. The summed E-state index contributed by atoms with van der Waals surface area (Å²) in [5.41, 5.74) is 1.63. The smallest absolute Gasteiger partial charge is 0.152 e. The third kappa shape index (κ3) is 1.38. The summed E-state index contributed by atoms with van der Waals surface area (Å²) in [4.78, 5) is 10.7. The van der Waals surface area contributed by atoms with Crippen molar-refractivity contribution in [1.29, 1.82) is 0 Å². The van der Waals surface area contributed by atoms with Crippen LogP contribution in [0.2, 0.25) is 0 Å². The van der Waals surface area contributed by atoms with Crippen molar-refractivity contribution >= 4 is 6.29 Å². The van der Waals surface area contributed by atoms with Crippen LogP contribution in [0.3, 0.4) is 0 Å². The van der Waals surface area contributed by atoms with Gasteiger partial charge in [0.1, 0.15) is 0 Å². The summed E-state index contributed by atoms with van der Waals surface area (Å²) in [7, 11) is 0. The number of aromatic nitrogens is 1. The van der Waals surface area contributed by atoms with Crippen LogP contribution >= 0.6 is 0 Å². The zero-order chi connectivity index (χ0) is 9.10. The molecule has 0 atom stereocenters. The Labute approximate surface area is 76.4 Å². The van der Waals surface area contributed by atoms with E-state index in [9.17, 15) is 4.79 Å². The molecule has 0 spiro atoms. The van der Waals surface area contributed by atoms with Crippen molar-refractivity contribution in [2.24, 2.45) is 0 Å². The lowest BCUT2D eigenvalue weighted by Gasteiger charge is -2.04. The molecule has 13 heavy (non-hydrogen) atoms. The molecule has 0 saturated heterocycles. The van der Waals surface area contributed by atoms with Crippen LogP contribution in [0.15, 0.2) is 48.8 Å². The molecule has 2 aromatic rings. The van der Waals surface area contributed by atoms with E-state index in [4.69, 9.17) is 0 Å². The molecule has 0 unspecified atom stereocenters. The fourth-order valence-electron chi connectivity index (χ4n) is 1.32. The van der Waals surface area contributed by atoms with E-state index >= 15 is 0 Å². The van der Waals surface area contributed by atoms with E-state index in [2.05, 4.69) is 0 Å². The molecule has 1 heterocycles. The number of hydrogen-bond donors (Lipinski definition) is 0. The molecule has 0 saturated carbocycles. The van der Waals surface area contributed by atoms with Gasteiger partial charge in [-0.25, -0.2) is 0 Å². The van der Waals surface area contributed by atoms with Gasteiger partial charge in [0.2, 0.25) is 0 Å². The van der Waals surface area contributed by atoms with E-state index < -0.39 is 0 Å². The van der Waals surface area contributed by atoms with Gasteiger partial charge in [0, 0.05) is 18.0 Å². The van der Waals surface area contributed by atoms with Crippen LogP contribution in [0, 0.1) is 0 Å². The molecule has 0 N–H and O–H groups in total. The van der Waals surface area contributed by atoms with E-state index in [0.29, 0.717) is 5.56 Å². The summed E-state index contributed by atoms with van der Waals surface area (Å²) < 4.78 is 1.92. The molecule has 0 bridgehead atoms. The Morgan fingerprint density at radius 3 is 2.38 bits per heavy atom. The van der Waals surface area contributed by atoms with Crippen LogP contribution < -0.4 is 0 Å². The third-order valence-electron chi connectivity index (χ3n) is 1.95. The molecule has 0 amide bonds. The van der Waals surface area contributed by atoms with Gasteiger partial charge in [-0.05, 0) is 24.3 Å². The Hall–Kier alpha value is -1.83. The first-order chi connectivity index (χ1) is 6.42. The van der Waals surface area contributed by atoms with E-state index in [1.54, 1.807) is 0 Å². The summed E-state index contributed by atoms with van der Waals surface area (Å²) in [6, 6.07) is 11.4. The number of nitrogens with zero attached hydrogens (tertiary/aromatic N) is 1. The predicted molar refractivity (Wildman–Crippen MR) is 51.2 cm³/mol. The minimum atomic E-state index is 0.707. The maximum atomic E-state index is 10.7. The van der Waals surface area contributed by atoms with Crippen LogP contribution in [-0.4, -0.2) is 10.9 Å². The standard InChI is InChI=1S/C11H9NO/c13-9-10-5-1-2-6-11(10)12-7-3-4-8-12/h1-9H. The lowest BCUT2D eigenvalue weighted by Crippen LogP contribution is -1.94. The van der Waals surface area contributed by atoms with Crippen molar-refractivity contribution in [1.82, 2.24) is 4.57 Å². The average Bonchev–Trinajstić information content (AvgIpc) is 2.70. The summed E-state index contributed by atoms with van der Waals surface area (Å²) in [5, 5.41) is 0. The van der Waals surface area contributed by atoms with Crippen LogP contribution in [0.1, 0.15) is 10.4 Å². The van der Waals surface area contributed by atoms with Gasteiger partial charge in [0.05, 0.1) is 5.69 Å². The minimum absolute atomic E-state index is 0.707. The second-order valence-electron chi connectivity index (χ2n) is 2.77. The van der Waals surface area contributed by atoms with Crippen LogP contribution in [-0.2, 0) is 0 Å². The summed E-state index contributed by atoms with van der Waals surface area (Å²) in [6.45, 7) is 0. The van der Waals surface area contributed by atoms with Crippen molar-refractivity contribution in [3.8, 4) is 5.69 Å². The topological polar surface area (TPSA) is 22.0 Å². The molecule has 1 aromatic carbocycles. The molecule has 2 rings (SSSR count). The minimum Gasteiger partial charge on any atom is -0.323 e. The largest absolute Gasteiger partial charge is 0.323 e. The molecule has 64 valence electrons. The molecule has 0 radical (unpaired) electrons. The first kappa shape index (κ1) is 7.80.